The summed E-state index contributed by atoms with van der Waals surface area (Å²) in [5, 5.41) is 3.18. The van der Waals surface area contributed by atoms with Crippen molar-refractivity contribution in [2.24, 2.45) is 0 Å². The van der Waals surface area contributed by atoms with E-state index in [0.29, 0.717) is 0 Å². The van der Waals surface area contributed by atoms with Crippen LogP contribution >= 0.6 is 15.9 Å². The quantitative estimate of drug-likeness (QED) is 0.204. The van der Waals surface area contributed by atoms with Gasteiger partial charge in [0.05, 0.1) is 17.5 Å². The summed E-state index contributed by atoms with van der Waals surface area (Å²) in [5.41, 5.74) is 0.586. The minimum absolute atomic E-state index is 0.0277. The molecule has 0 radical (unpaired) electrons. The molecule has 0 heterocycles. The summed E-state index contributed by atoms with van der Waals surface area (Å²) in [6, 6.07) is 20.2. The third kappa shape index (κ3) is 10.3. The van der Waals surface area contributed by atoms with Crippen molar-refractivity contribution >= 4 is 43.5 Å². The third-order valence-electron chi connectivity index (χ3n) is 8.10. The van der Waals surface area contributed by atoms with Gasteiger partial charge in [0, 0.05) is 36.4 Å². The molecule has 1 atom stereocenters. The van der Waals surface area contributed by atoms with Gasteiger partial charge in [-0.1, -0.05) is 83.7 Å². The van der Waals surface area contributed by atoms with Crippen LogP contribution in [0.2, 0.25) is 0 Å². The Morgan fingerprint density at radius 2 is 1.61 bits per heavy atom. The first kappa shape index (κ1) is 35.5. The highest BCUT2D eigenvalue weighted by atomic mass is 79.9. The molecular formula is C34H39BrF3N3O4S. The summed E-state index contributed by atoms with van der Waals surface area (Å²) < 4.78 is 67.2. The molecule has 2 amide bonds. The lowest BCUT2D eigenvalue weighted by Crippen LogP contribution is -2.52. The second-order valence-corrected chi connectivity index (χ2v) is 14.5. The number of hydrogen-bond acceptors (Lipinski definition) is 4. The Morgan fingerprint density at radius 1 is 0.935 bits per heavy atom. The van der Waals surface area contributed by atoms with Gasteiger partial charge in [-0.25, -0.2) is 8.42 Å². The van der Waals surface area contributed by atoms with E-state index in [9.17, 15) is 31.2 Å². The predicted octanol–water partition coefficient (Wildman–Crippen LogP) is 7.10. The van der Waals surface area contributed by atoms with Crippen LogP contribution in [0.15, 0.2) is 83.3 Å². The first-order valence-corrected chi connectivity index (χ1v) is 18.0. The number of halogens is 4. The molecule has 1 aliphatic rings. The summed E-state index contributed by atoms with van der Waals surface area (Å²) in [6.07, 6.45) is 1.39. The Hall–Kier alpha value is -3.38. The predicted molar refractivity (Wildman–Crippen MR) is 177 cm³/mol. The van der Waals surface area contributed by atoms with Crippen molar-refractivity contribution < 1.29 is 31.2 Å². The monoisotopic (exact) mass is 721 g/mol. The Labute approximate surface area is 277 Å². The minimum Gasteiger partial charge on any atom is -0.352 e. The SMILES string of the molecule is CS(=O)(=O)N(CCCC(=O)N(Cc1ccc(Br)cc1)[C@@H](Cc1ccccc1)C(=O)NC1CCCCC1)c1cccc(C(F)(F)F)c1. The van der Waals surface area contributed by atoms with Crippen LogP contribution in [0.4, 0.5) is 18.9 Å². The summed E-state index contributed by atoms with van der Waals surface area (Å²) in [4.78, 5) is 29.5. The number of nitrogens with one attached hydrogen (secondary N) is 1. The molecular weight excluding hydrogens is 683 g/mol. The molecule has 248 valence electrons. The Bertz CT molecular complexity index is 1560. The van der Waals surface area contributed by atoms with Gasteiger partial charge < -0.3 is 10.2 Å². The molecule has 0 bridgehead atoms. The minimum atomic E-state index is -4.64. The fraction of sp³-hybridized carbons (Fsp3) is 0.412. The lowest BCUT2D eigenvalue weighted by atomic mass is 9.94. The second kappa shape index (κ2) is 15.9. The highest BCUT2D eigenvalue weighted by Crippen LogP contribution is 2.32. The molecule has 4 rings (SSSR count). The lowest BCUT2D eigenvalue weighted by molar-refractivity contribution is -0.141. The second-order valence-electron chi connectivity index (χ2n) is 11.7. The number of anilines is 1. The highest BCUT2D eigenvalue weighted by Gasteiger charge is 2.33. The van der Waals surface area contributed by atoms with Gasteiger partial charge in [-0.2, -0.15) is 13.2 Å². The highest BCUT2D eigenvalue weighted by molar-refractivity contribution is 9.10. The summed E-state index contributed by atoms with van der Waals surface area (Å²) in [7, 11) is -3.97. The first-order valence-electron chi connectivity index (χ1n) is 15.3. The van der Waals surface area contributed by atoms with Gasteiger partial charge >= 0.3 is 6.18 Å². The maximum absolute atomic E-state index is 14.0. The summed E-state index contributed by atoms with van der Waals surface area (Å²) in [6.45, 7) is -0.0687. The average Bonchev–Trinajstić information content (AvgIpc) is 3.02. The molecule has 0 aromatic heterocycles. The Balaban J connectivity index is 1.59. The largest absolute Gasteiger partial charge is 0.416 e. The standard InChI is InChI=1S/C34H39BrF3N3O4S/c1-46(44,45)41(30-15-8-12-27(23-30)34(36,37)38)21-9-16-32(42)40(24-26-17-19-28(35)20-18-26)31(22-25-10-4-2-5-11-25)33(43)39-29-13-6-3-7-14-29/h2,4-5,8,10-12,15,17-20,23,29,31H,3,6-7,9,13-14,16,21-22,24H2,1H3,(H,39,43)/t31-/m0/s1. The smallest absolute Gasteiger partial charge is 0.352 e. The number of benzene rings is 3. The molecule has 0 spiro atoms. The van der Waals surface area contributed by atoms with Crippen LogP contribution in [-0.4, -0.2) is 50.0 Å². The number of amides is 2. The van der Waals surface area contributed by atoms with Gasteiger partial charge in [0.25, 0.3) is 0 Å². The third-order valence-corrected chi connectivity index (χ3v) is 9.83. The van der Waals surface area contributed by atoms with E-state index < -0.39 is 27.8 Å². The molecule has 0 aliphatic heterocycles. The average molecular weight is 723 g/mol. The summed E-state index contributed by atoms with van der Waals surface area (Å²) >= 11 is 3.43. The van der Waals surface area contributed by atoms with E-state index in [0.717, 1.165) is 76.5 Å². The van der Waals surface area contributed by atoms with Gasteiger partial charge in [0.2, 0.25) is 21.8 Å². The fourth-order valence-electron chi connectivity index (χ4n) is 5.73. The fourth-order valence-corrected chi connectivity index (χ4v) is 6.95. The van der Waals surface area contributed by atoms with E-state index in [1.54, 1.807) is 4.90 Å². The van der Waals surface area contributed by atoms with E-state index in [-0.39, 0.29) is 55.9 Å². The van der Waals surface area contributed by atoms with Crippen molar-refractivity contribution in [3.63, 3.8) is 0 Å². The molecule has 1 fully saturated rings. The van der Waals surface area contributed by atoms with Crippen LogP contribution < -0.4 is 9.62 Å². The van der Waals surface area contributed by atoms with Crippen molar-refractivity contribution in [2.75, 3.05) is 17.1 Å². The number of sulfonamides is 1. The van der Waals surface area contributed by atoms with Crippen LogP contribution in [-0.2, 0) is 38.8 Å². The van der Waals surface area contributed by atoms with E-state index in [1.807, 2.05) is 54.6 Å². The van der Waals surface area contributed by atoms with Crippen molar-refractivity contribution in [1.29, 1.82) is 0 Å². The van der Waals surface area contributed by atoms with E-state index in [2.05, 4.69) is 21.2 Å². The van der Waals surface area contributed by atoms with Gasteiger partial charge in [0.15, 0.2) is 0 Å². The van der Waals surface area contributed by atoms with Gasteiger partial charge in [0.1, 0.15) is 6.04 Å². The number of carbonyl (C=O) groups is 2. The molecule has 12 heteroatoms. The van der Waals surface area contributed by atoms with Crippen LogP contribution in [0.3, 0.4) is 0 Å². The maximum atomic E-state index is 14.0. The molecule has 1 aliphatic carbocycles. The van der Waals surface area contributed by atoms with Gasteiger partial charge in [-0.3, -0.25) is 13.9 Å². The molecule has 1 saturated carbocycles. The number of alkyl halides is 3. The number of carbonyl (C=O) groups excluding carboxylic acids is 2. The number of hydrogen-bond donors (Lipinski definition) is 1. The number of rotatable bonds is 13. The molecule has 3 aromatic rings. The number of nitrogens with zero attached hydrogens (tertiary/aromatic N) is 2. The van der Waals surface area contributed by atoms with E-state index in [4.69, 9.17) is 0 Å². The zero-order chi connectivity index (χ0) is 33.3. The molecule has 46 heavy (non-hydrogen) atoms. The Morgan fingerprint density at radius 3 is 2.24 bits per heavy atom. The molecule has 3 aromatic carbocycles. The molecule has 1 N–H and O–H groups in total. The van der Waals surface area contributed by atoms with Crippen molar-refractivity contribution in [3.8, 4) is 0 Å². The van der Waals surface area contributed by atoms with Crippen molar-refractivity contribution in [1.82, 2.24) is 10.2 Å². The molecule has 7 nitrogen and oxygen atoms in total. The molecule has 0 saturated heterocycles. The Kier molecular flexibility index (Phi) is 12.3. The zero-order valence-corrected chi connectivity index (χ0v) is 28.1. The lowest BCUT2D eigenvalue weighted by Gasteiger charge is -2.34. The zero-order valence-electron chi connectivity index (χ0n) is 25.7. The van der Waals surface area contributed by atoms with Crippen molar-refractivity contribution in [3.05, 3.63) is 100 Å². The normalized spacial score (nSPS) is 14.8. The van der Waals surface area contributed by atoms with Crippen LogP contribution in [0, 0.1) is 0 Å². The van der Waals surface area contributed by atoms with Crippen LogP contribution in [0.5, 0.6) is 0 Å². The molecule has 0 unspecified atom stereocenters. The van der Waals surface area contributed by atoms with E-state index in [1.165, 1.54) is 6.07 Å². The first-order chi connectivity index (χ1) is 21.8. The summed E-state index contributed by atoms with van der Waals surface area (Å²) in [5.74, 6) is -0.608. The van der Waals surface area contributed by atoms with Crippen LogP contribution in [0.1, 0.15) is 61.6 Å². The van der Waals surface area contributed by atoms with E-state index >= 15 is 0 Å². The van der Waals surface area contributed by atoms with Crippen molar-refractivity contribution in [2.45, 2.75) is 76.2 Å². The van der Waals surface area contributed by atoms with Crippen LogP contribution in [0.25, 0.3) is 0 Å². The van der Waals surface area contributed by atoms with Gasteiger partial charge in [-0.05, 0) is 60.7 Å². The maximum Gasteiger partial charge on any atom is 0.416 e. The van der Waals surface area contributed by atoms with Gasteiger partial charge in [-0.15, -0.1) is 0 Å². The topological polar surface area (TPSA) is 86.8 Å².